The molecule has 5 nitrogen and oxygen atoms in total. The van der Waals surface area contributed by atoms with Crippen molar-refractivity contribution in [2.24, 2.45) is 35.5 Å². The largest absolute Gasteiger partial charge is 0.272 e. The summed E-state index contributed by atoms with van der Waals surface area (Å²) in [6, 6.07) is 6.33. The van der Waals surface area contributed by atoms with Crippen molar-refractivity contribution in [1.82, 2.24) is 10.4 Å². The Bertz CT molecular complexity index is 767. The minimum Gasteiger partial charge on any atom is -0.272 e. The summed E-state index contributed by atoms with van der Waals surface area (Å²) in [5, 5.41) is 1.47. The number of benzene rings is 1. The molecular weight excluding hydrogens is 328 g/mol. The summed E-state index contributed by atoms with van der Waals surface area (Å²) >= 11 is 5.82. The highest BCUT2D eigenvalue weighted by Crippen LogP contribution is 2.65. The Hall–Kier alpha value is -2.14. The van der Waals surface area contributed by atoms with Crippen molar-refractivity contribution in [3.8, 4) is 0 Å². The molecule has 6 heteroatoms. The third kappa shape index (κ3) is 1.79. The summed E-state index contributed by atoms with van der Waals surface area (Å²) < 4.78 is 0. The molecule has 1 heterocycles. The van der Waals surface area contributed by atoms with E-state index in [-0.39, 0.29) is 35.5 Å². The van der Waals surface area contributed by atoms with E-state index < -0.39 is 5.91 Å². The van der Waals surface area contributed by atoms with E-state index in [1.54, 1.807) is 24.3 Å². The molecule has 1 aromatic rings. The first-order valence-corrected chi connectivity index (χ1v) is 8.57. The van der Waals surface area contributed by atoms with Gasteiger partial charge in [-0.1, -0.05) is 23.8 Å². The number of carbonyl (C=O) groups excluding carboxylic acids is 3. The Labute approximate surface area is 143 Å². The number of carbonyl (C=O) groups is 3. The van der Waals surface area contributed by atoms with Gasteiger partial charge in [0.2, 0.25) is 0 Å². The normalized spacial score (nSPS) is 38.1. The van der Waals surface area contributed by atoms with Gasteiger partial charge in [-0.05, 0) is 54.4 Å². The van der Waals surface area contributed by atoms with Gasteiger partial charge in [-0.3, -0.25) is 19.8 Å². The number of halogens is 1. The Balaban J connectivity index is 1.40. The second kappa shape index (κ2) is 4.70. The molecule has 122 valence electrons. The van der Waals surface area contributed by atoms with E-state index in [1.165, 1.54) is 0 Å². The smallest absolute Gasteiger partial charge is 0.270 e. The van der Waals surface area contributed by atoms with Crippen LogP contribution < -0.4 is 5.43 Å². The van der Waals surface area contributed by atoms with Crippen LogP contribution in [0.15, 0.2) is 36.4 Å². The number of rotatable bonds is 2. The van der Waals surface area contributed by atoms with Crippen molar-refractivity contribution < 1.29 is 14.4 Å². The molecule has 1 saturated heterocycles. The zero-order chi connectivity index (χ0) is 16.6. The van der Waals surface area contributed by atoms with Gasteiger partial charge < -0.3 is 0 Å². The summed E-state index contributed by atoms with van der Waals surface area (Å²) in [4.78, 5) is 37.9. The Kier molecular flexibility index (Phi) is 2.78. The Morgan fingerprint density at radius 2 is 1.54 bits per heavy atom. The van der Waals surface area contributed by atoms with Crippen LogP contribution in [0.3, 0.4) is 0 Å². The lowest BCUT2D eigenvalue weighted by Gasteiger charge is -2.37. The maximum atomic E-state index is 12.8. The van der Waals surface area contributed by atoms with Crippen LogP contribution in [0.1, 0.15) is 16.8 Å². The number of hydrazine groups is 1. The van der Waals surface area contributed by atoms with Crippen LogP contribution >= 0.6 is 11.6 Å². The van der Waals surface area contributed by atoms with Crippen LogP contribution in [0, 0.1) is 35.5 Å². The lowest BCUT2D eigenvalue weighted by molar-refractivity contribution is -0.143. The first kappa shape index (κ1) is 14.2. The summed E-state index contributed by atoms with van der Waals surface area (Å²) in [5.41, 5.74) is 2.85. The minimum atomic E-state index is -0.475. The fourth-order valence-electron chi connectivity index (χ4n) is 4.83. The van der Waals surface area contributed by atoms with Crippen LogP contribution in [0.4, 0.5) is 0 Å². The van der Waals surface area contributed by atoms with E-state index in [1.807, 2.05) is 0 Å². The van der Waals surface area contributed by atoms with E-state index in [2.05, 4.69) is 17.6 Å². The number of imide groups is 1. The molecule has 2 bridgehead atoms. The maximum absolute atomic E-state index is 12.8. The number of amides is 3. The van der Waals surface area contributed by atoms with E-state index >= 15 is 0 Å². The monoisotopic (exact) mass is 342 g/mol. The molecule has 6 rings (SSSR count). The van der Waals surface area contributed by atoms with Gasteiger partial charge in [0.15, 0.2) is 0 Å². The topological polar surface area (TPSA) is 66.5 Å². The van der Waals surface area contributed by atoms with Crippen LogP contribution in [0.25, 0.3) is 0 Å². The molecule has 1 aromatic carbocycles. The van der Waals surface area contributed by atoms with Crippen molar-refractivity contribution >= 4 is 29.3 Å². The fourth-order valence-corrected chi connectivity index (χ4v) is 4.96. The number of nitrogens with one attached hydrogen (secondary N) is 1. The quantitative estimate of drug-likeness (QED) is 0.660. The highest BCUT2D eigenvalue weighted by Gasteiger charge is 2.67. The molecule has 0 spiro atoms. The molecule has 2 saturated carbocycles. The van der Waals surface area contributed by atoms with E-state index in [0.717, 1.165) is 11.4 Å². The second-order valence-electron chi connectivity index (χ2n) is 7.11. The molecule has 0 radical (unpaired) electrons. The average Bonchev–Trinajstić information content (AvgIpc) is 3.36. The standard InChI is InChI=1S/C18H15ClN2O3/c19-9-3-1-8(2-4-9)16(22)20-21-17(23)14-10-5-6-11(13-7-12(10)13)15(14)18(21)24/h1-6,10-15H,7H2,(H,20,22)/t10-,11+,12+,13-,14-,15+. The number of allylic oxidation sites excluding steroid dienone is 2. The van der Waals surface area contributed by atoms with Crippen LogP contribution in [-0.2, 0) is 9.59 Å². The zero-order valence-corrected chi connectivity index (χ0v) is 13.4. The van der Waals surface area contributed by atoms with Crippen molar-refractivity contribution in [3.63, 3.8) is 0 Å². The van der Waals surface area contributed by atoms with Crippen LogP contribution in [-0.4, -0.2) is 22.7 Å². The van der Waals surface area contributed by atoms with Crippen LogP contribution in [0.5, 0.6) is 0 Å². The molecule has 0 aromatic heterocycles. The Morgan fingerprint density at radius 1 is 1.00 bits per heavy atom. The number of hydrogen-bond donors (Lipinski definition) is 1. The molecule has 0 unspecified atom stereocenters. The fraction of sp³-hybridized carbons (Fsp3) is 0.389. The van der Waals surface area contributed by atoms with Gasteiger partial charge >= 0.3 is 0 Å². The molecule has 6 atom stereocenters. The van der Waals surface area contributed by atoms with Crippen molar-refractivity contribution in [2.45, 2.75) is 6.42 Å². The van der Waals surface area contributed by atoms with Crippen molar-refractivity contribution in [3.05, 3.63) is 47.0 Å². The summed E-state index contributed by atoms with van der Waals surface area (Å²) in [7, 11) is 0. The zero-order valence-electron chi connectivity index (χ0n) is 12.7. The first-order valence-electron chi connectivity index (χ1n) is 8.19. The number of hydrogen-bond acceptors (Lipinski definition) is 3. The van der Waals surface area contributed by atoms with Gasteiger partial charge in [0, 0.05) is 10.6 Å². The number of nitrogens with zero attached hydrogens (tertiary/aromatic N) is 1. The SMILES string of the molecule is O=C(NN1C(=O)[C@@H]2[C@@H]3C=C[C@@H]([C@H]4C[C@@H]34)[C@@H]2C1=O)c1ccc(Cl)cc1. The summed E-state index contributed by atoms with van der Waals surface area (Å²) in [5.74, 6) is -0.220. The van der Waals surface area contributed by atoms with Gasteiger partial charge in [0.25, 0.3) is 17.7 Å². The lowest BCUT2D eigenvalue weighted by Crippen LogP contribution is -2.46. The van der Waals surface area contributed by atoms with E-state index in [0.29, 0.717) is 22.4 Å². The summed E-state index contributed by atoms with van der Waals surface area (Å²) in [6.07, 6.45) is 5.33. The molecule has 3 fully saturated rings. The molecule has 1 aliphatic heterocycles. The van der Waals surface area contributed by atoms with Gasteiger partial charge in [-0.2, -0.15) is 5.01 Å². The molecule has 4 aliphatic carbocycles. The summed E-state index contributed by atoms with van der Waals surface area (Å²) in [6.45, 7) is 0. The highest BCUT2D eigenvalue weighted by molar-refractivity contribution is 6.30. The average molecular weight is 343 g/mol. The van der Waals surface area contributed by atoms with Crippen molar-refractivity contribution in [2.75, 3.05) is 0 Å². The van der Waals surface area contributed by atoms with Crippen molar-refractivity contribution in [1.29, 1.82) is 0 Å². The van der Waals surface area contributed by atoms with Gasteiger partial charge in [0.1, 0.15) is 0 Å². The lowest BCUT2D eigenvalue weighted by atomic mass is 9.63. The Morgan fingerprint density at radius 3 is 2.08 bits per heavy atom. The van der Waals surface area contributed by atoms with Crippen LogP contribution in [0.2, 0.25) is 5.02 Å². The molecule has 24 heavy (non-hydrogen) atoms. The third-order valence-electron chi connectivity index (χ3n) is 5.98. The molecule has 3 amide bonds. The van der Waals surface area contributed by atoms with Gasteiger partial charge in [-0.25, -0.2) is 0 Å². The van der Waals surface area contributed by atoms with Gasteiger partial charge in [0.05, 0.1) is 11.8 Å². The van der Waals surface area contributed by atoms with Gasteiger partial charge in [-0.15, -0.1) is 0 Å². The predicted molar refractivity (Wildman–Crippen MR) is 85.5 cm³/mol. The molecular formula is C18H15ClN2O3. The third-order valence-corrected chi connectivity index (χ3v) is 6.23. The minimum absolute atomic E-state index is 0.152. The molecule has 1 N–H and O–H groups in total. The first-order chi connectivity index (χ1) is 11.6. The maximum Gasteiger partial charge on any atom is 0.270 e. The second-order valence-corrected chi connectivity index (χ2v) is 7.55. The van der Waals surface area contributed by atoms with E-state index in [9.17, 15) is 14.4 Å². The predicted octanol–water partition coefficient (Wildman–Crippen LogP) is 2.04. The van der Waals surface area contributed by atoms with E-state index in [4.69, 9.17) is 11.6 Å². The highest BCUT2D eigenvalue weighted by atomic mass is 35.5. The molecule has 5 aliphatic rings.